The van der Waals surface area contributed by atoms with E-state index in [-0.39, 0.29) is 13.2 Å². The zero-order valence-corrected chi connectivity index (χ0v) is 13.0. The van der Waals surface area contributed by atoms with Crippen molar-refractivity contribution >= 4 is 0 Å². The zero-order valence-electron chi connectivity index (χ0n) is 13.0. The molecule has 0 fully saturated rings. The molecule has 1 aromatic rings. The summed E-state index contributed by atoms with van der Waals surface area (Å²) in [5.74, 6) is 1.15. The highest BCUT2D eigenvalue weighted by atomic mass is 16.5. The normalized spacial score (nSPS) is 13.8. The molecule has 2 N–H and O–H groups in total. The highest BCUT2D eigenvalue weighted by molar-refractivity contribution is 5.41. The van der Waals surface area contributed by atoms with Crippen LogP contribution in [-0.2, 0) is 4.74 Å². The number of aliphatic hydroxyl groups is 2. The summed E-state index contributed by atoms with van der Waals surface area (Å²) < 4.78 is 16.1. The first-order valence-corrected chi connectivity index (χ1v) is 7.33. The van der Waals surface area contributed by atoms with Gasteiger partial charge in [-0.05, 0) is 25.5 Å². The number of hydrogen-bond donors (Lipinski definition) is 2. The second-order valence-electron chi connectivity index (χ2n) is 4.97. The van der Waals surface area contributed by atoms with Gasteiger partial charge in [0.1, 0.15) is 24.2 Å². The Hall–Kier alpha value is -1.30. The van der Waals surface area contributed by atoms with E-state index >= 15 is 0 Å². The monoisotopic (exact) mass is 298 g/mol. The number of ether oxygens (including phenoxy) is 3. The quantitative estimate of drug-likeness (QED) is 0.649. The molecule has 21 heavy (non-hydrogen) atoms. The Balaban J connectivity index is 2.52. The number of rotatable bonds is 10. The van der Waals surface area contributed by atoms with Gasteiger partial charge in [0.15, 0.2) is 0 Å². The summed E-state index contributed by atoms with van der Waals surface area (Å²) in [4.78, 5) is 0. The Bertz CT molecular complexity index is 406. The van der Waals surface area contributed by atoms with Crippen LogP contribution >= 0.6 is 0 Å². The number of hydrogen-bond acceptors (Lipinski definition) is 5. The van der Waals surface area contributed by atoms with Gasteiger partial charge >= 0.3 is 0 Å². The van der Waals surface area contributed by atoms with Crippen LogP contribution in [0.5, 0.6) is 11.5 Å². The fraction of sp³-hybridized carbons (Fsp3) is 0.625. The molecule has 0 aliphatic rings. The van der Waals surface area contributed by atoms with E-state index in [0.717, 1.165) is 12.8 Å². The third kappa shape index (κ3) is 6.33. The van der Waals surface area contributed by atoms with E-state index in [2.05, 4.69) is 6.92 Å². The minimum Gasteiger partial charge on any atom is -0.497 e. The number of aliphatic hydroxyl groups excluding tert-OH is 2. The summed E-state index contributed by atoms with van der Waals surface area (Å²) in [6.07, 6.45) is 0.697. The molecular weight excluding hydrogens is 272 g/mol. The molecule has 0 spiro atoms. The van der Waals surface area contributed by atoms with E-state index < -0.39 is 12.2 Å². The number of methoxy groups -OCH3 is 1. The summed E-state index contributed by atoms with van der Waals surface area (Å²) in [5.41, 5.74) is 0.662. The highest BCUT2D eigenvalue weighted by Crippen LogP contribution is 2.29. The Labute approximate surface area is 126 Å². The van der Waals surface area contributed by atoms with Crippen LogP contribution in [-0.4, -0.2) is 43.2 Å². The van der Waals surface area contributed by atoms with Gasteiger partial charge in [0.25, 0.3) is 0 Å². The summed E-state index contributed by atoms with van der Waals surface area (Å²) in [6, 6.07) is 5.22. The van der Waals surface area contributed by atoms with Crippen molar-refractivity contribution in [3.63, 3.8) is 0 Å². The molecule has 0 aromatic heterocycles. The molecule has 0 saturated heterocycles. The second kappa shape index (κ2) is 9.60. The third-order valence-electron chi connectivity index (χ3n) is 3.05. The highest BCUT2D eigenvalue weighted by Gasteiger charge is 2.13. The van der Waals surface area contributed by atoms with Gasteiger partial charge in [-0.3, -0.25) is 0 Å². The van der Waals surface area contributed by atoms with Crippen molar-refractivity contribution in [3.05, 3.63) is 23.8 Å². The average Bonchev–Trinajstić information content (AvgIpc) is 2.49. The predicted octanol–water partition coefficient (Wildman–Crippen LogP) is 2.30. The van der Waals surface area contributed by atoms with Gasteiger partial charge in [0.2, 0.25) is 0 Å². The molecule has 5 heteroatoms. The van der Waals surface area contributed by atoms with Crippen LogP contribution in [0, 0.1) is 0 Å². The van der Waals surface area contributed by atoms with Gasteiger partial charge in [-0.25, -0.2) is 0 Å². The van der Waals surface area contributed by atoms with Crippen molar-refractivity contribution in [1.82, 2.24) is 0 Å². The lowest BCUT2D eigenvalue weighted by molar-refractivity contribution is 0.0107. The Kier molecular flexibility index (Phi) is 8.12. The number of unbranched alkanes of at least 4 members (excludes halogenated alkanes) is 1. The van der Waals surface area contributed by atoms with Gasteiger partial charge in [-0.15, -0.1) is 0 Å². The molecular formula is C16H26O5. The Morgan fingerprint density at radius 1 is 1.19 bits per heavy atom. The van der Waals surface area contributed by atoms with Gasteiger partial charge < -0.3 is 24.4 Å². The van der Waals surface area contributed by atoms with Crippen molar-refractivity contribution in [2.24, 2.45) is 0 Å². The maximum Gasteiger partial charge on any atom is 0.128 e. The maximum absolute atomic E-state index is 9.82. The van der Waals surface area contributed by atoms with E-state index in [9.17, 15) is 10.2 Å². The average molecular weight is 298 g/mol. The minimum absolute atomic E-state index is 0.110. The molecule has 0 radical (unpaired) electrons. The molecule has 0 aliphatic heterocycles. The second-order valence-corrected chi connectivity index (χ2v) is 4.97. The first kappa shape index (κ1) is 17.8. The first-order chi connectivity index (χ1) is 10.1. The predicted molar refractivity (Wildman–Crippen MR) is 80.9 cm³/mol. The van der Waals surface area contributed by atoms with Crippen molar-refractivity contribution in [2.45, 2.75) is 38.9 Å². The molecule has 0 heterocycles. The van der Waals surface area contributed by atoms with Crippen molar-refractivity contribution in [2.75, 3.05) is 26.9 Å². The summed E-state index contributed by atoms with van der Waals surface area (Å²) in [5, 5.41) is 19.5. The van der Waals surface area contributed by atoms with Gasteiger partial charge in [0, 0.05) is 18.2 Å². The van der Waals surface area contributed by atoms with E-state index in [1.165, 1.54) is 0 Å². The van der Waals surface area contributed by atoms with Crippen LogP contribution in [0.15, 0.2) is 18.2 Å². The minimum atomic E-state index is -0.699. The van der Waals surface area contributed by atoms with Crippen LogP contribution in [0.25, 0.3) is 0 Å². The van der Waals surface area contributed by atoms with Crippen LogP contribution in [0.3, 0.4) is 0 Å². The molecule has 0 bridgehead atoms. The van der Waals surface area contributed by atoms with Gasteiger partial charge in [-0.2, -0.15) is 0 Å². The summed E-state index contributed by atoms with van der Waals surface area (Å²) in [6.45, 7) is 4.75. The molecule has 0 saturated carbocycles. The third-order valence-corrected chi connectivity index (χ3v) is 3.05. The topological polar surface area (TPSA) is 68.2 Å². The fourth-order valence-corrected chi connectivity index (χ4v) is 1.81. The molecule has 1 rings (SSSR count). The van der Waals surface area contributed by atoms with Gasteiger partial charge in [0.05, 0.1) is 19.8 Å². The van der Waals surface area contributed by atoms with Crippen molar-refractivity contribution < 1.29 is 24.4 Å². The molecule has 5 nitrogen and oxygen atoms in total. The molecule has 0 amide bonds. The Morgan fingerprint density at radius 3 is 2.57 bits per heavy atom. The molecule has 120 valence electrons. The first-order valence-electron chi connectivity index (χ1n) is 7.33. The molecule has 0 aliphatic carbocycles. The SMILES string of the molecule is CCCCOCC(O)COc1cc(OC)ccc1[C@H](C)O. The molecule has 2 atom stereocenters. The van der Waals surface area contributed by atoms with Crippen LogP contribution < -0.4 is 9.47 Å². The van der Waals surface area contributed by atoms with E-state index in [0.29, 0.717) is 23.7 Å². The van der Waals surface area contributed by atoms with E-state index in [4.69, 9.17) is 14.2 Å². The summed E-state index contributed by atoms with van der Waals surface area (Å²) in [7, 11) is 1.57. The maximum atomic E-state index is 9.82. The molecule has 1 unspecified atom stereocenters. The Morgan fingerprint density at radius 2 is 1.95 bits per heavy atom. The standard InChI is InChI=1S/C16H26O5/c1-4-5-8-20-10-13(18)11-21-16-9-14(19-3)6-7-15(16)12(2)17/h6-7,9,12-13,17-18H,4-5,8,10-11H2,1-3H3/t12-,13?/m0/s1. The van der Waals surface area contributed by atoms with Crippen LogP contribution in [0.2, 0.25) is 0 Å². The van der Waals surface area contributed by atoms with E-state index in [1.807, 2.05) is 0 Å². The van der Waals surface area contributed by atoms with Crippen molar-refractivity contribution in [1.29, 1.82) is 0 Å². The van der Waals surface area contributed by atoms with Crippen molar-refractivity contribution in [3.8, 4) is 11.5 Å². The lowest BCUT2D eigenvalue weighted by atomic mass is 10.1. The lowest BCUT2D eigenvalue weighted by Gasteiger charge is -2.17. The zero-order chi connectivity index (χ0) is 15.7. The van der Waals surface area contributed by atoms with Gasteiger partial charge in [-0.1, -0.05) is 13.3 Å². The molecule has 1 aromatic carbocycles. The summed E-state index contributed by atoms with van der Waals surface area (Å²) >= 11 is 0. The fourth-order valence-electron chi connectivity index (χ4n) is 1.81. The number of benzene rings is 1. The smallest absolute Gasteiger partial charge is 0.128 e. The lowest BCUT2D eigenvalue weighted by Crippen LogP contribution is -2.24. The van der Waals surface area contributed by atoms with Crippen LogP contribution in [0.4, 0.5) is 0 Å². The van der Waals surface area contributed by atoms with E-state index in [1.54, 1.807) is 32.2 Å². The largest absolute Gasteiger partial charge is 0.497 e. The van der Waals surface area contributed by atoms with Crippen LogP contribution in [0.1, 0.15) is 38.4 Å².